The number of anilines is 1. The van der Waals surface area contributed by atoms with Gasteiger partial charge < -0.3 is 4.90 Å². The van der Waals surface area contributed by atoms with Crippen molar-refractivity contribution in [2.45, 2.75) is 6.54 Å². The molecule has 0 amide bonds. The van der Waals surface area contributed by atoms with Gasteiger partial charge in [0.15, 0.2) is 0 Å². The number of non-ortho nitro benzene ring substituents is 1. The minimum absolute atomic E-state index is 0.101. The highest BCUT2D eigenvalue weighted by molar-refractivity contribution is 7.16. The van der Waals surface area contributed by atoms with Crippen molar-refractivity contribution >= 4 is 33.1 Å². The van der Waals surface area contributed by atoms with Crippen molar-refractivity contribution < 1.29 is 4.92 Å². The van der Waals surface area contributed by atoms with E-state index in [1.807, 2.05) is 29.5 Å². The van der Waals surface area contributed by atoms with Gasteiger partial charge in [-0.05, 0) is 17.0 Å². The summed E-state index contributed by atoms with van der Waals surface area (Å²) in [7, 11) is 1.91. The van der Waals surface area contributed by atoms with Gasteiger partial charge in [-0.2, -0.15) is 0 Å². The first-order valence-corrected chi connectivity index (χ1v) is 7.16. The van der Waals surface area contributed by atoms with Gasteiger partial charge in [0.1, 0.15) is 17.0 Å². The number of rotatable bonds is 4. The molecule has 2 aromatic heterocycles. The van der Waals surface area contributed by atoms with Crippen molar-refractivity contribution in [2.24, 2.45) is 0 Å². The van der Waals surface area contributed by atoms with Crippen molar-refractivity contribution in [1.82, 2.24) is 9.97 Å². The van der Waals surface area contributed by atoms with Crippen LogP contribution in [0.4, 0.5) is 11.5 Å². The topological polar surface area (TPSA) is 72.2 Å². The van der Waals surface area contributed by atoms with E-state index in [9.17, 15) is 10.1 Å². The lowest BCUT2D eigenvalue weighted by molar-refractivity contribution is -0.384. The molecule has 0 fully saturated rings. The molecule has 0 unspecified atom stereocenters. The zero-order valence-corrected chi connectivity index (χ0v) is 12.1. The predicted molar refractivity (Wildman–Crippen MR) is 82.6 cm³/mol. The maximum Gasteiger partial charge on any atom is 0.269 e. The molecule has 7 heteroatoms. The number of fused-ring (bicyclic) bond motifs is 1. The molecule has 3 aromatic rings. The van der Waals surface area contributed by atoms with Crippen molar-refractivity contribution in [3.05, 3.63) is 57.7 Å². The molecule has 3 rings (SSSR count). The Morgan fingerprint density at radius 2 is 2.19 bits per heavy atom. The number of thiophene rings is 1. The van der Waals surface area contributed by atoms with Crippen molar-refractivity contribution in [3.63, 3.8) is 0 Å². The molecule has 0 N–H and O–H groups in total. The van der Waals surface area contributed by atoms with Gasteiger partial charge in [0.05, 0.1) is 10.3 Å². The van der Waals surface area contributed by atoms with Crippen LogP contribution < -0.4 is 4.90 Å². The van der Waals surface area contributed by atoms with Crippen LogP contribution in [0.25, 0.3) is 10.2 Å². The molecule has 0 saturated heterocycles. The summed E-state index contributed by atoms with van der Waals surface area (Å²) in [6.07, 6.45) is 1.54. The Morgan fingerprint density at radius 1 is 1.33 bits per heavy atom. The van der Waals surface area contributed by atoms with Gasteiger partial charge in [-0.25, -0.2) is 9.97 Å². The summed E-state index contributed by atoms with van der Waals surface area (Å²) in [6.45, 7) is 0.545. The van der Waals surface area contributed by atoms with E-state index in [1.165, 1.54) is 12.4 Å². The zero-order chi connectivity index (χ0) is 14.8. The van der Waals surface area contributed by atoms with Crippen LogP contribution in [0.5, 0.6) is 0 Å². The van der Waals surface area contributed by atoms with Gasteiger partial charge in [0.25, 0.3) is 5.69 Å². The summed E-state index contributed by atoms with van der Waals surface area (Å²) in [5.41, 5.74) is 0.970. The number of hydrogen-bond acceptors (Lipinski definition) is 6. The summed E-state index contributed by atoms with van der Waals surface area (Å²) in [4.78, 5) is 21.9. The summed E-state index contributed by atoms with van der Waals surface area (Å²) in [6, 6.07) is 8.63. The molecule has 1 aromatic carbocycles. The van der Waals surface area contributed by atoms with E-state index in [0.29, 0.717) is 6.54 Å². The smallest absolute Gasteiger partial charge is 0.269 e. The molecule has 21 heavy (non-hydrogen) atoms. The summed E-state index contributed by atoms with van der Waals surface area (Å²) < 4.78 is 0. The largest absolute Gasteiger partial charge is 0.355 e. The molecule has 106 valence electrons. The van der Waals surface area contributed by atoms with Crippen LogP contribution in [0.15, 0.2) is 42.0 Å². The Labute approximate surface area is 124 Å². The van der Waals surface area contributed by atoms with Gasteiger partial charge in [-0.3, -0.25) is 10.1 Å². The summed E-state index contributed by atoms with van der Waals surface area (Å²) >= 11 is 1.56. The Hall–Kier alpha value is -2.54. The normalized spacial score (nSPS) is 10.7. The maximum atomic E-state index is 10.8. The first-order chi connectivity index (χ1) is 10.1. The van der Waals surface area contributed by atoms with Crippen molar-refractivity contribution in [1.29, 1.82) is 0 Å². The van der Waals surface area contributed by atoms with Gasteiger partial charge >= 0.3 is 0 Å². The van der Waals surface area contributed by atoms with Crippen LogP contribution in [-0.4, -0.2) is 21.9 Å². The number of hydrogen-bond donors (Lipinski definition) is 0. The lowest BCUT2D eigenvalue weighted by Gasteiger charge is -2.18. The fraction of sp³-hybridized carbons (Fsp3) is 0.143. The molecule has 0 bridgehead atoms. The number of aromatic nitrogens is 2. The lowest BCUT2D eigenvalue weighted by atomic mass is 10.2. The summed E-state index contributed by atoms with van der Waals surface area (Å²) in [5.74, 6) is 0.827. The molecule has 0 spiro atoms. The molecule has 0 radical (unpaired) electrons. The molecule has 0 aliphatic rings. The van der Waals surface area contributed by atoms with E-state index in [0.717, 1.165) is 21.6 Å². The Morgan fingerprint density at radius 3 is 3.00 bits per heavy atom. The van der Waals surface area contributed by atoms with Crippen LogP contribution in [0.3, 0.4) is 0 Å². The molecule has 0 aliphatic carbocycles. The van der Waals surface area contributed by atoms with E-state index in [1.54, 1.807) is 23.5 Å². The molecule has 2 heterocycles. The fourth-order valence-corrected chi connectivity index (χ4v) is 2.93. The highest BCUT2D eigenvalue weighted by Gasteiger charge is 2.12. The highest BCUT2D eigenvalue weighted by atomic mass is 32.1. The first kappa shape index (κ1) is 13.4. The third-order valence-corrected chi connectivity index (χ3v) is 3.96. The Kier molecular flexibility index (Phi) is 3.49. The fourth-order valence-electron chi connectivity index (χ4n) is 2.20. The first-order valence-electron chi connectivity index (χ1n) is 6.28. The molecular weight excluding hydrogens is 288 g/mol. The highest BCUT2D eigenvalue weighted by Crippen LogP contribution is 2.27. The quantitative estimate of drug-likeness (QED) is 0.546. The van der Waals surface area contributed by atoms with Crippen LogP contribution in [-0.2, 0) is 6.54 Å². The second-order valence-electron chi connectivity index (χ2n) is 4.62. The Balaban J connectivity index is 1.89. The predicted octanol–water partition coefficient (Wildman–Crippen LogP) is 3.24. The van der Waals surface area contributed by atoms with Crippen LogP contribution in [0, 0.1) is 10.1 Å². The minimum atomic E-state index is -0.384. The number of nitro groups is 1. The summed E-state index contributed by atoms with van der Waals surface area (Å²) in [5, 5.41) is 13.8. The molecular formula is C14H12N4O2S. The van der Waals surface area contributed by atoms with Crippen molar-refractivity contribution in [2.75, 3.05) is 11.9 Å². The van der Waals surface area contributed by atoms with Crippen molar-refractivity contribution in [3.8, 4) is 0 Å². The number of benzene rings is 1. The number of nitrogens with zero attached hydrogens (tertiary/aromatic N) is 4. The van der Waals surface area contributed by atoms with E-state index < -0.39 is 0 Å². The standard InChI is InChI=1S/C14H12N4O2S/c1-17(8-10-3-2-4-11(7-10)18(19)20)13-12-5-6-21-14(12)16-9-15-13/h2-7,9H,8H2,1H3. The monoisotopic (exact) mass is 300 g/mol. The SMILES string of the molecule is CN(Cc1cccc([N+](=O)[O-])c1)c1ncnc2sccc12. The van der Waals surface area contributed by atoms with Crippen LogP contribution in [0.1, 0.15) is 5.56 Å². The molecule has 6 nitrogen and oxygen atoms in total. The lowest BCUT2D eigenvalue weighted by Crippen LogP contribution is -2.18. The molecule has 0 aliphatic heterocycles. The van der Waals surface area contributed by atoms with E-state index in [-0.39, 0.29) is 10.6 Å². The molecule has 0 saturated carbocycles. The molecule has 0 atom stereocenters. The van der Waals surface area contributed by atoms with Gasteiger partial charge in [-0.15, -0.1) is 11.3 Å². The Bertz CT molecular complexity index is 802. The van der Waals surface area contributed by atoms with Gasteiger partial charge in [-0.1, -0.05) is 12.1 Å². The van der Waals surface area contributed by atoms with E-state index in [2.05, 4.69) is 9.97 Å². The zero-order valence-electron chi connectivity index (χ0n) is 11.3. The third-order valence-electron chi connectivity index (χ3n) is 3.14. The average molecular weight is 300 g/mol. The van der Waals surface area contributed by atoms with E-state index in [4.69, 9.17) is 0 Å². The second-order valence-corrected chi connectivity index (χ2v) is 5.51. The third kappa shape index (κ3) is 2.68. The van der Waals surface area contributed by atoms with Crippen LogP contribution >= 0.6 is 11.3 Å². The van der Waals surface area contributed by atoms with Crippen LogP contribution in [0.2, 0.25) is 0 Å². The second kappa shape index (κ2) is 5.45. The maximum absolute atomic E-state index is 10.8. The van der Waals surface area contributed by atoms with Gasteiger partial charge in [0, 0.05) is 25.7 Å². The van der Waals surface area contributed by atoms with Gasteiger partial charge in [0.2, 0.25) is 0 Å². The number of nitro benzene ring substituents is 1. The average Bonchev–Trinajstić information content (AvgIpc) is 2.95. The minimum Gasteiger partial charge on any atom is -0.355 e. The van der Waals surface area contributed by atoms with E-state index >= 15 is 0 Å².